The summed E-state index contributed by atoms with van der Waals surface area (Å²) in [5, 5.41) is 10.1. The molecule has 1 saturated carbocycles. The Morgan fingerprint density at radius 2 is 1.78 bits per heavy atom. The lowest BCUT2D eigenvalue weighted by Gasteiger charge is -2.40. The van der Waals surface area contributed by atoms with Gasteiger partial charge in [-0.15, -0.1) is 0 Å². The number of methoxy groups -OCH3 is 1. The standard InChI is InChI=1S/C25H46O2/c1-7-17-24(5,8-2)20-25(9-3,22-15-16-22)18-13-11-10-12-14-23(26)21(4)19-27-6/h12-14,18,21-23,26H,7-11,15-17,19-20H2,1-6H3. The summed E-state index contributed by atoms with van der Waals surface area (Å²) < 4.78 is 5.11. The summed E-state index contributed by atoms with van der Waals surface area (Å²) in [4.78, 5) is 0. The van der Waals surface area contributed by atoms with Crippen molar-refractivity contribution in [3.8, 4) is 0 Å². The fourth-order valence-corrected chi connectivity index (χ4v) is 4.61. The van der Waals surface area contributed by atoms with E-state index < -0.39 is 6.10 Å². The van der Waals surface area contributed by atoms with Crippen LogP contribution < -0.4 is 0 Å². The van der Waals surface area contributed by atoms with E-state index in [0.717, 1.165) is 18.8 Å². The van der Waals surface area contributed by atoms with E-state index in [4.69, 9.17) is 4.74 Å². The van der Waals surface area contributed by atoms with Crippen molar-refractivity contribution in [2.75, 3.05) is 13.7 Å². The second kappa shape index (κ2) is 12.1. The van der Waals surface area contributed by atoms with E-state index in [1.807, 2.05) is 13.0 Å². The molecule has 0 amide bonds. The zero-order valence-corrected chi connectivity index (χ0v) is 19.0. The minimum absolute atomic E-state index is 0.148. The highest BCUT2D eigenvalue weighted by molar-refractivity contribution is 5.09. The predicted octanol–water partition coefficient (Wildman–Crippen LogP) is 6.94. The summed E-state index contributed by atoms with van der Waals surface area (Å²) in [6, 6.07) is 0. The molecule has 0 radical (unpaired) electrons. The molecule has 0 aromatic rings. The summed E-state index contributed by atoms with van der Waals surface area (Å²) in [7, 11) is 1.68. The third kappa shape index (κ3) is 8.11. The van der Waals surface area contributed by atoms with E-state index in [-0.39, 0.29) is 5.92 Å². The normalized spacial score (nSPS) is 22.0. The molecule has 1 fully saturated rings. The maximum atomic E-state index is 10.1. The zero-order chi connectivity index (χ0) is 20.3. The van der Waals surface area contributed by atoms with Gasteiger partial charge in [0.15, 0.2) is 0 Å². The van der Waals surface area contributed by atoms with Crippen LogP contribution in [0.15, 0.2) is 24.3 Å². The maximum absolute atomic E-state index is 10.1. The number of aliphatic hydroxyl groups excluding tert-OH is 1. The van der Waals surface area contributed by atoms with Gasteiger partial charge in [-0.2, -0.15) is 0 Å². The molecular weight excluding hydrogens is 332 g/mol. The van der Waals surface area contributed by atoms with Crippen LogP contribution in [0.5, 0.6) is 0 Å². The third-order valence-electron chi connectivity index (χ3n) is 6.81. The van der Waals surface area contributed by atoms with Crippen LogP contribution in [0.3, 0.4) is 0 Å². The van der Waals surface area contributed by atoms with Crippen molar-refractivity contribution in [1.82, 2.24) is 0 Å². The van der Waals surface area contributed by atoms with Gasteiger partial charge in [0.25, 0.3) is 0 Å². The van der Waals surface area contributed by atoms with Crippen molar-refractivity contribution >= 4 is 0 Å². The van der Waals surface area contributed by atoms with Gasteiger partial charge in [0.2, 0.25) is 0 Å². The third-order valence-corrected chi connectivity index (χ3v) is 6.81. The molecule has 1 N–H and O–H groups in total. The van der Waals surface area contributed by atoms with E-state index >= 15 is 0 Å². The average Bonchev–Trinajstić information content (AvgIpc) is 3.49. The first-order valence-corrected chi connectivity index (χ1v) is 11.4. The minimum atomic E-state index is -0.408. The highest BCUT2D eigenvalue weighted by atomic mass is 16.5. The molecule has 4 unspecified atom stereocenters. The first-order chi connectivity index (χ1) is 12.9. The molecule has 0 heterocycles. The van der Waals surface area contributed by atoms with Crippen LogP contribution in [0.4, 0.5) is 0 Å². The van der Waals surface area contributed by atoms with E-state index in [1.165, 1.54) is 44.9 Å². The Bertz CT molecular complexity index is 451. The second-order valence-corrected chi connectivity index (χ2v) is 9.28. The van der Waals surface area contributed by atoms with E-state index in [9.17, 15) is 5.11 Å². The van der Waals surface area contributed by atoms with Crippen LogP contribution in [-0.2, 0) is 4.74 Å². The lowest BCUT2D eigenvalue weighted by atomic mass is 9.65. The first-order valence-electron chi connectivity index (χ1n) is 11.4. The molecule has 0 aliphatic heterocycles. The van der Waals surface area contributed by atoms with E-state index in [0.29, 0.717) is 17.4 Å². The van der Waals surface area contributed by atoms with Gasteiger partial charge >= 0.3 is 0 Å². The number of rotatable bonds is 15. The number of allylic oxidation sites excluding steroid dienone is 3. The van der Waals surface area contributed by atoms with E-state index in [2.05, 4.69) is 45.9 Å². The van der Waals surface area contributed by atoms with Gasteiger partial charge < -0.3 is 9.84 Å². The van der Waals surface area contributed by atoms with Crippen molar-refractivity contribution in [2.24, 2.45) is 22.7 Å². The summed E-state index contributed by atoms with van der Waals surface area (Å²) >= 11 is 0. The molecule has 158 valence electrons. The van der Waals surface area contributed by atoms with Crippen LogP contribution >= 0.6 is 0 Å². The van der Waals surface area contributed by atoms with Crippen LogP contribution in [0.1, 0.15) is 92.4 Å². The Morgan fingerprint density at radius 3 is 2.30 bits per heavy atom. The second-order valence-electron chi connectivity index (χ2n) is 9.28. The summed E-state index contributed by atoms with van der Waals surface area (Å²) in [6.45, 7) is 12.2. The molecule has 2 nitrogen and oxygen atoms in total. The van der Waals surface area contributed by atoms with Crippen molar-refractivity contribution in [1.29, 1.82) is 0 Å². The van der Waals surface area contributed by atoms with Crippen LogP contribution in [-0.4, -0.2) is 24.9 Å². The summed E-state index contributed by atoms with van der Waals surface area (Å²) in [5.41, 5.74) is 0.870. The molecule has 1 rings (SSSR count). The Morgan fingerprint density at radius 1 is 1.11 bits per heavy atom. The molecule has 0 spiro atoms. The minimum Gasteiger partial charge on any atom is -0.389 e. The molecule has 0 bridgehead atoms. The highest BCUT2D eigenvalue weighted by Crippen LogP contribution is 2.55. The van der Waals surface area contributed by atoms with Gasteiger partial charge in [0.1, 0.15) is 0 Å². The molecular formula is C25H46O2. The average molecular weight is 379 g/mol. The smallest absolute Gasteiger partial charge is 0.0768 e. The van der Waals surface area contributed by atoms with Gasteiger partial charge in [-0.3, -0.25) is 0 Å². The van der Waals surface area contributed by atoms with Crippen molar-refractivity contribution < 1.29 is 9.84 Å². The highest BCUT2D eigenvalue weighted by Gasteiger charge is 2.45. The number of hydrogen-bond donors (Lipinski definition) is 1. The number of unbranched alkanes of at least 4 members (excludes halogenated alkanes) is 1. The maximum Gasteiger partial charge on any atom is 0.0768 e. The Balaban J connectivity index is 2.62. The first kappa shape index (κ1) is 24.4. The van der Waals surface area contributed by atoms with E-state index in [1.54, 1.807) is 7.11 Å². The summed E-state index contributed by atoms with van der Waals surface area (Å²) in [5.74, 6) is 1.04. The largest absolute Gasteiger partial charge is 0.389 e. The van der Waals surface area contributed by atoms with Gasteiger partial charge in [-0.05, 0) is 61.7 Å². The molecule has 0 saturated heterocycles. The Kier molecular flexibility index (Phi) is 10.9. The molecule has 27 heavy (non-hydrogen) atoms. The monoisotopic (exact) mass is 378 g/mol. The molecule has 1 aliphatic rings. The number of ether oxygens (including phenoxy) is 1. The molecule has 0 aromatic heterocycles. The lowest BCUT2D eigenvalue weighted by Crippen LogP contribution is -2.30. The van der Waals surface area contributed by atoms with Crippen LogP contribution in [0, 0.1) is 22.7 Å². The van der Waals surface area contributed by atoms with Crippen LogP contribution in [0.25, 0.3) is 0 Å². The fourth-order valence-electron chi connectivity index (χ4n) is 4.61. The zero-order valence-electron chi connectivity index (χ0n) is 19.0. The predicted molar refractivity (Wildman–Crippen MR) is 118 cm³/mol. The molecule has 2 heteroatoms. The van der Waals surface area contributed by atoms with Gasteiger partial charge in [0.05, 0.1) is 12.7 Å². The van der Waals surface area contributed by atoms with Crippen molar-refractivity contribution in [2.45, 2.75) is 98.5 Å². The van der Waals surface area contributed by atoms with Gasteiger partial charge in [0, 0.05) is 13.0 Å². The topological polar surface area (TPSA) is 29.5 Å². The Hall–Kier alpha value is -0.600. The quantitative estimate of drug-likeness (QED) is 0.247. The Labute approximate surface area is 169 Å². The van der Waals surface area contributed by atoms with Crippen molar-refractivity contribution in [3.63, 3.8) is 0 Å². The SMILES string of the molecule is CCCC(C)(CC)CC(C=CCCC=CC(O)C(C)COC)(CC)C1CC1. The van der Waals surface area contributed by atoms with Crippen LogP contribution in [0.2, 0.25) is 0 Å². The fraction of sp³-hybridized carbons (Fsp3) is 0.840. The number of hydrogen-bond acceptors (Lipinski definition) is 2. The van der Waals surface area contributed by atoms with Crippen molar-refractivity contribution in [3.05, 3.63) is 24.3 Å². The van der Waals surface area contributed by atoms with Gasteiger partial charge in [-0.1, -0.05) is 71.8 Å². The molecule has 1 aliphatic carbocycles. The summed E-state index contributed by atoms with van der Waals surface area (Å²) in [6.07, 6.45) is 20.0. The number of aliphatic hydroxyl groups is 1. The van der Waals surface area contributed by atoms with Gasteiger partial charge in [-0.25, -0.2) is 0 Å². The molecule has 4 atom stereocenters. The molecule has 0 aromatic carbocycles. The lowest BCUT2D eigenvalue weighted by molar-refractivity contribution is 0.0837.